The van der Waals surface area contributed by atoms with E-state index in [-0.39, 0.29) is 24.9 Å². The van der Waals surface area contributed by atoms with Crippen LogP contribution in [0.5, 0.6) is 0 Å². The zero-order valence-electron chi connectivity index (χ0n) is 15.4. The molecule has 0 radical (unpaired) electrons. The predicted octanol–water partition coefficient (Wildman–Crippen LogP) is 1.65. The minimum Gasteiger partial charge on any atom is -1.00 e. The summed E-state index contributed by atoms with van der Waals surface area (Å²) in [4.78, 5) is 12.6. The third-order valence-corrected chi connectivity index (χ3v) is 5.60. The van der Waals surface area contributed by atoms with Gasteiger partial charge in [-0.2, -0.15) is 0 Å². The van der Waals surface area contributed by atoms with Gasteiger partial charge in [-0.3, -0.25) is 4.79 Å². The fourth-order valence-electron chi connectivity index (χ4n) is 3.53. The number of nitrogens with one attached hydrogen (secondary N) is 1. The highest BCUT2D eigenvalue weighted by molar-refractivity contribution is 6.42. The Kier molecular flexibility index (Phi) is 6.33. The number of hydrogen-bond acceptors (Lipinski definition) is 1. The Labute approximate surface area is 180 Å². The van der Waals surface area contributed by atoms with Gasteiger partial charge < -0.3 is 17.7 Å². The molecule has 3 aromatic rings. The van der Waals surface area contributed by atoms with Crippen molar-refractivity contribution in [3.05, 3.63) is 70.1 Å². The normalized spacial score (nSPS) is 12.4. The molecule has 1 N–H and O–H groups in total. The molecule has 0 spiro atoms. The van der Waals surface area contributed by atoms with E-state index in [1.54, 1.807) is 18.2 Å². The summed E-state index contributed by atoms with van der Waals surface area (Å²) in [5, 5.41) is 3.79. The molecule has 1 amide bonds. The van der Waals surface area contributed by atoms with E-state index in [1.807, 2.05) is 0 Å². The zero-order valence-corrected chi connectivity index (χ0v) is 17.7. The Morgan fingerprint density at radius 1 is 1.14 bits per heavy atom. The summed E-state index contributed by atoms with van der Waals surface area (Å²) in [6.07, 6.45) is 4.16. The first kappa shape index (κ1) is 20.7. The van der Waals surface area contributed by atoms with Crippen LogP contribution in [-0.2, 0) is 24.3 Å². The highest BCUT2D eigenvalue weighted by atomic mass is 35.5. The smallest absolute Gasteiger partial charge is 0.266 e. The van der Waals surface area contributed by atoms with E-state index in [4.69, 9.17) is 23.2 Å². The monoisotopic (exact) mass is 435 g/mol. The number of carbonyl (C=O) groups excluding carboxylic acids is 1. The molecule has 0 saturated heterocycles. The number of amides is 1. The Morgan fingerprint density at radius 2 is 1.89 bits per heavy atom. The summed E-state index contributed by atoms with van der Waals surface area (Å²) >= 11 is 12.0. The summed E-state index contributed by atoms with van der Waals surface area (Å²) in [6.45, 7) is 3.33. The number of fused-ring (bicyclic) bond motifs is 1. The molecular formula is C21H20Cl3N3O. The molecule has 7 heteroatoms. The maximum absolute atomic E-state index is 12.6. The van der Waals surface area contributed by atoms with Crippen LogP contribution in [0.3, 0.4) is 0 Å². The van der Waals surface area contributed by atoms with Gasteiger partial charge in [0.1, 0.15) is 6.20 Å². The lowest BCUT2D eigenvalue weighted by atomic mass is 10.1. The molecule has 0 atom stereocenters. The molecule has 0 aliphatic carbocycles. The highest BCUT2D eigenvalue weighted by Crippen LogP contribution is 2.26. The second kappa shape index (κ2) is 8.56. The molecule has 0 unspecified atom stereocenters. The summed E-state index contributed by atoms with van der Waals surface area (Å²) < 4.78 is 4.37. The van der Waals surface area contributed by atoms with Gasteiger partial charge in [0.15, 0.2) is 12.2 Å². The Bertz CT molecular complexity index is 1010. The maximum atomic E-state index is 12.6. The number of aryl methyl sites for hydroxylation is 1. The standard InChI is InChI=1S/C21H19Cl2N3O.ClH/c1-14-4-6-15(7-5-14)19-12-25(21-3-2-10-26(19)21)13-20(27)24-16-8-9-17(22)18(23)11-16;/h4-9,11-12H,2-3,10,13H2,1H3;1H. The fraction of sp³-hybridized carbons (Fsp3) is 0.238. The van der Waals surface area contributed by atoms with Crippen LogP contribution in [0, 0.1) is 6.92 Å². The summed E-state index contributed by atoms with van der Waals surface area (Å²) in [6, 6.07) is 13.6. The fourth-order valence-corrected chi connectivity index (χ4v) is 3.83. The van der Waals surface area contributed by atoms with Crippen LogP contribution in [0.25, 0.3) is 11.3 Å². The van der Waals surface area contributed by atoms with Gasteiger partial charge in [-0.1, -0.05) is 53.0 Å². The van der Waals surface area contributed by atoms with Crippen molar-refractivity contribution in [3.8, 4) is 11.3 Å². The third kappa shape index (κ3) is 4.19. The van der Waals surface area contributed by atoms with Crippen LogP contribution in [0.2, 0.25) is 10.0 Å². The molecule has 0 bridgehead atoms. The van der Waals surface area contributed by atoms with Crippen LogP contribution >= 0.6 is 23.2 Å². The van der Waals surface area contributed by atoms with Gasteiger partial charge in [0.2, 0.25) is 0 Å². The Balaban J connectivity index is 0.00000225. The number of imidazole rings is 1. The van der Waals surface area contributed by atoms with Crippen molar-refractivity contribution in [2.45, 2.75) is 32.9 Å². The molecule has 146 valence electrons. The van der Waals surface area contributed by atoms with Gasteiger partial charge in [0, 0.05) is 11.3 Å². The van der Waals surface area contributed by atoms with Gasteiger partial charge in [0.25, 0.3) is 11.7 Å². The van der Waals surface area contributed by atoms with Crippen molar-refractivity contribution in [1.82, 2.24) is 4.57 Å². The number of carbonyl (C=O) groups is 1. The lowest BCUT2D eigenvalue weighted by Crippen LogP contribution is -3.00. The number of hydrogen-bond donors (Lipinski definition) is 1. The number of anilines is 1. The van der Waals surface area contributed by atoms with Gasteiger partial charge in [-0.05, 0) is 31.5 Å². The van der Waals surface area contributed by atoms with E-state index in [0.717, 1.165) is 25.1 Å². The minimum atomic E-state index is -0.0888. The molecule has 1 aromatic heterocycles. The van der Waals surface area contributed by atoms with Crippen LogP contribution in [0.1, 0.15) is 17.8 Å². The molecule has 1 aliphatic rings. The first-order chi connectivity index (χ1) is 13.0. The van der Waals surface area contributed by atoms with Crippen molar-refractivity contribution in [2.24, 2.45) is 0 Å². The molecule has 4 nitrogen and oxygen atoms in total. The van der Waals surface area contributed by atoms with E-state index < -0.39 is 0 Å². The molecule has 0 saturated carbocycles. The largest absolute Gasteiger partial charge is 1.00 e. The molecule has 1 aliphatic heterocycles. The molecule has 2 heterocycles. The van der Waals surface area contributed by atoms with Crippen LogP contribution in [0.4, 0.5) is 5.69 Å². The zero-order chi connectivity index (χ0) is 19.0. The van der Waals surface area contributed by atoms with Crippen molar-refractivity contribution in [2.75, 3.05) is 5.32 Å². The minimum absolute atomic E-state index is 0. The van der Waals surface area contributed by atoms with Crippen molar-refractivity contribution in [1.29, 1.82) is 0 Å². The number of benzene rings is 2. The first-order valence-electron chi connectivity index (χ1n) is 8.95. The average molecular weight is 437 g/mol. The molecule has 4 rings (SSSR count). The van der Waals surface area contributed by atoms with E-state index in [0.29, 0.717) is 15.7 Å². The van der Waals surface area contributed by atoms with E-state index in [1.165, 1.54) is 17.0 Å². The molecular weight excluding hydrogens is 417 g/mol. The van der Waals surface area contributed by atoms with Crippen LogP contribution < -0.4 is 22.3 Å². The molecule has 2 aromatic carbocycles. The summed E-state index contributed by atoms with van der Waals surface area (Å²) in [5.41, 5.74) is 4.21. The lowest BCUT2D eigenvalue weighted by molar-refractivity contribution is -0.690. The highest BCUT2D eigenvalue weighted by Gasteiger charge is 2.29. The SMILES string of the molecule is Cc1ccc(-c2c[n+](CC(=O)Nc3ccc(Cl)c(Cl)c3)c3n2CCC3)cc1.[Cl-]. The van der Waals surface area contributed by atoms with Crippen molar-refractivity contribution < 1.29 is 21.8 Å². The summed E-state index contributed by atoms with van der Waals surface area (Å²) in [5.74, 6) is 1.10. The van der Waals surface area contributed by atoms with Gasteiger partial charge >= 0.3 is 0 Å². The predicted molar refractivity (Wildman–Crippen MR) is 108 cm³/mol. The van der Waals surface area contributed by atoms with Crippen molar-refractivity contribution in [3.63, 3.8) is 0 Å². The average Bonchev–Trinajstić information content (AvgIpc) is 3.23. The van der Waals surface area contributed by atoms with Crippen LogP contribution in [-0.4, -0.2) is 10.5 Å². The third-order valence-electron chi connectivity index (χ3n) is 4.86. The number of nitrogens with zero attached hydrogens (tertiary/aromatic N) is 2. The van der Waals surface area contributed by atoms with E-state index in [9.17, 15) is 4.79 Å². The number of rotatable bonds is 4. The van der Waals surface area contributed by atoms with Gasteiger partial charge in [-0.25, -0.2) is 9.13 Å². The Morgan fingerprint density at radius 3 is 2.61 bits per heavy atom. The van der Waals surface area contributed by atoms with Crippen molar-refractivity contribution >= 4 is 34.8 Å². The maximum Gasteiger partial charge on any atom is 0.266 e. The second-order valence-electron chi connectivity index (χ2n) is 6.86. The van der Waals surface area contributed by atoms with E-state index >= 15 is 0 Å². The summed E-state index contributed by atoms with van der Waals surface area (Å²) in [7, 11) is 0. The Hall–Kier alpha value is -2.01. The quantitative estimate of drug-likeness (QED) is 0.621. The van der Waals surface area contributed by atoms with E-state index in [2.05, 4.69) is 51.8 Å². The molecule has 0 fully saturated rings. The second-order valence-corrected chi connectivity index (χ2v) is 7.67. The van der Waals surface area contributed by atoms with Crippen LogP contribution in [0.15, 0.2) is 48.7 Å². The number of halogens is 3. The lowest BCUT2D eigenvalue weighted by Gasteiger charge is -2.05. The van der Waals surface area contributed by atoms with Gasteiger partial charge in [0.05, 0.1) is 23.0 Å². The first-order valence-corrected chi connectivity index (χ1v) is 9.70. The topological polar surface area (TPSA) is 37.9 Å². The van der Waals surface area contributed by atoms with Gasteiger partial charge in [-0.15, -0.1) is 0 Å². The number of aromatic nitrogens is 2. The molecule has 28 heavy (non-hydrogen) atoms.